The van der Waals surface area contributed by atoms with Crippen molar-refractivity contribution in [3.8, 4) is 0 Å². The second-order valence-corrected chi connectivity index (χ2v) is 5.44. The van der Waals surface area contributed by atoms with Gasteiger partial charge in [0.05, 0.1) is 0 Å². The van der Waals surface area contributed by atoms with Gasteiger partial charge in [-0.15, -0.1) is 0 Å². The first kappa shape index (κ1) is 17.9. The smallest absolute Gasteiger partial charge is 0.326 e. The van der Waals surface area contributed by atoms with Crippen molar-refractivity contribution in [1.29, 1.82) is 0 Å². The Balaban J connectivity index is 2.43. The normalized spacial score (nSPS) is 11.9. The molecule has 0 saturated heterocycles. The van der Waals surface area contributed by atoms with Gasteiger partial charge in [-0.2, -0.15) is 0 Å². The fraction of sp³-hybridized carbons (Fsp3) is 0.562. The van der Waals surface area contributed by atoms with Crippen LogP contribution in [0.15, 0.2) is 23.1 Å². The van der Waals surface area contributed by atoms with E-state index in [0.717, 1.165) is 18.4 Å². The summed E-state index contributed by atoms with van der Waals surface area (Å²) in [6, 6.07) is 2.42. The number of amides is 1. The second-order valence-electron chi connectivity index (χ2n) is 5.44. The highest BCUT2D eigenvalue weighted by atomic mass is 16.4. The van der Waals surface area contributed by atoms with Crippen LogP contribution in [0.1, 0.15) is 44.6 Å². The molecule has 0 radical (unpaired) electrons. The molecule has 0 aromatic carbocycles. The minimum atomic E-state index is -1.00. The fourth-order valence-corrected chi connectivity index (χ4v) is 2.17. The van der Waals surface area contributed by atoms with Crippen LogP contribution in [0.2, 0.25) is 0 Å². The molecule has 0 aliphatic heterocycles. The molecule has 6 heteroatoms. The van der Waals surface area contributed by atoms with E-state index in [9.17, 15) is 14.4 Å². The number of pyridine rings is 1. The van der Waals surface area contributed by atoms with Gasteiger partial charge in [0.1, 0.15) is 6.04 Å². The van der Waals surface area contributed by atoms with Crippen LogP contribution in [0, 0.1) is 6.92 Å². The van der Waals surface area contributed by atoms with Gasteiger partial charge in [-0.25, -0.2) is 4.79 Å². The number of aliphatic carboxylic acids is 1. The Labute approximate surface area is 130 Å². The molecule has 1 rings (SSSR count). The molecule has 1 atom stereocenters. The number of carbonyl (C=O) groups is 2. The van der Waals surface area contributed by atoms with Crippen molar-refractivity contribution in [3.63, 3.8) is 0 Å². The quantitative estimate of drug-likeness (QED) is 0.726. The number of aryl methyl sites for hydroxylation is 2. The average molecular weight is 308 g/mol. The number of nitrogens with one attached hydrogen (secondary N) is 1. The predicted octanol–water partition coefficient (Wildman–Crippen LogP) is 1.70. The molecule has 0 saturated carbocycles. The van der Waals surface area contributed by atoms with Gasteiger partial charge in [-0.05, 0) is 25.3 Å². The van der Waals surface area contributed by atoms with Crippen molar-refractivity contribution < 1.29 is 14.7 Å². The Hall–Kier alpha value is -2.11. The lowest BCUT2D eigenvalue weighted by Crippen LogP contribution is -2.40. The largest absolute Gasteiger partial charge is 0.480 e. The van der Waals surface area contributed by atoms with E-state index in [1.807, 2.05) is 13.8 Å². The van der Waals surface area contributed by atoms with Crippen LogP contribution >= 0.6 is 0 Å². The van der Waals surface area contributed by atoms with Crippen LogP contribution in [-0.2, 0) is 16.1 Å². The highest BCUT2D eigenvalue weighted by Crippen LogP contribution is 2.03. The maximum atomic E-state index is 11.8. The molecular formula is C16H24N2O4. The van der Waals surface area contributed by atoms with Crippen LogP contribution in [0.25, 0.3) is 0 Å². The van der Waals surface area contributed by atoms with Gasteiger partial charge in [-0.3, -0.25) is 9.59 Å². The van der Waals surface area contributed by atoms with E-state index < -0.39 is 12.0 Å². The van der Waals surface area contributed by atoms with Crippen molar-refractivity contribution in [3.05, 3.63) is 34.2 Å². The third kappa shape index (κ3) is 6.11. The third-order valence-corrected chi connectivity index (χ3v) is 3.41. The number of nitrogens with zero attached hydrogens (tertiary/aromatic N) is 1. The first-order chi connectivity index (χ1) is 10.4. The minimum absolute atomic E-state index is 0.0997. The van der Waals surface area contributed by atoms with Gasteiger partial charge in [0.2, 0.25) is 5.91 Å². The van der Waals surface area contributed by atoms with Crippen molar-refractivity contribution in [2.45, 2.75) is 58.5 Å². The van der Waals surface area contributed by atoms with E-state index in [1.54, 1.807) is 16.8 Å². The number of carbonyl (C=O) groups excluding carboxylic acids is 1. The summed E-state index contributed by atoms with van der Waals surface area (Å²) in [5.41, 5.74) is 0.881. The summed E-state index contributed by atoms with van der Waals surface area (Å²) in [6.45, 7) is 4.31. The molecule has 1 aromatic rings. The monoisotopic (exact) mass is 308 g/mol. The summed E-state index contributed by atoms with van der Waals surface area (Å²) in [7, 11) is 0. The maximum Gasteiger partial charge on any atom is 0.326 e. The van der Waals surface area contributed by atoms with Crippen LogP contribution in [0.4, 0.5) is 0 Å². The highest BCUT2D eigenvalue weighted by molar-refractivity contribution is 5.83. The number of carboxylic acids is 1. The summed E-state index contributed by atoms with van der Waals surface area (Å²) in [5, 5.41) is 11.6. The molecule has 0 aliphatic rings. The molecule has 1 aromatic heterocycles. The van der Waals surface area contributed by atoms with E-state index in [0.29, 0.717) is 19.4 Å². The molecule has 0 aliphatic carbocycles. The summed E-state index contributed by atoms with van der Waals surface area (Å²) in [6.07, 6.45) is 4.54. The zero-order valence-corrected chi connectivity index (χ0v) is 13.2. The number of hydrogen-bond acceptors (Lipinski definition) is 3. The summed E-state index contributed by atoms with van der Waals surface area (Å²) >= 11 is 0. The van der Waals surface area contributed by atoms with E-state index >= 15 is 0 Å². The van der Waals surface area contributed by atoms with Crippen molar-refractivity contribution in [2.75, 3.05) is 0 Å². The first-order valence-corrected chi connectivity index (χ1v) is 7.63. The Morgan fingerprint density at radius 2 is 2.05 bits per heavy atom. The fourth-order valence-electron chi connectivity index (χ4n) is 2.17. The lowest BCUT2D eigenvalue weighted by atomic mass is 10.1. The second kappa shape index (κ2) is 9.02. The van der Waals surface area contributed by atoms with Crippen LogP contribution < -0.4 is 10.9 Å². The molecule has 0 spiro atoms. The maximum absolute atomic E-state index is 11.8. The molecule has 1 unspecified atom stereocenters. The molecule has 2 N–H and O–H groups in total. The lowest BCUT2D eigenvalue weighted by molar-refractivity contribution is -0.142. The molecule has 122 valence electrons. The van der Waals surface area contributed by atoms with Crippen LogP contribution in [-0.4, -0.2) is 27.6 Å². The Morgan fingerprint density at radius 1 is 1.32 bits per heavy atom. The molecule has 1 amide bonds. The molecule has 0 fully saturated rings. The van der Waals surface area contributed by atoms with Crippen molar-refractivity contribution >= 4 is 11.9 Å². The molecule has 1 heterocycles. The topological polar surface area (TPSA) is 88.4 Å². The number of hydrogen-bond donors (Lipinski definition) is 2. The van der Waals surface area contributed by atoms with Gasteiger partial charge in [0.25, 0.3) is 5.56 Å². The van der Waals surface area contributed by atoms with E-state index in [-0.39, 0.29) is 17.9 Å². The number of carboxylic acid groups (broad SMARTS) is 1. The first-order valence-electron chi connectivity index (χ1n) is 7.63. The molecule has 6 nitrogen and oxygen atoms in total. The zero-order valence-electron chi connectivity index (χ0n) is 13.2. The number of rotatable bonds is 9. The van der Waals surface area contributed by atoms with Gasteiger partial charge >= 0.3 is 5.97 Å². The summed E-state index contributed by atoms with van der Waals surface area (Å²) in [5.74, 6) is -1.29. The van der Waals surface area contributed by atoms with Gasteiger partial charge in [-0.1, -0.05) is 25.8 Å². The SMILES string of the molecule is CCCCC(NC(=O)CCCn1cc(C)ccc1=O)C(=O)O. The Kier molecular flexibility index (Phi) is 7.36. The zero-order chi connectivity index (χ0) is 16.5. The van der Waals surface area contributed by atoms with E-state index in [1.165, 1.54) is 6.07 Å². The molecular weight excluding hydrogens is 284 g/mol. The number of aromatic nitrogens is 1. The minimum Gasteiger partial charge on any atom is -0.480 e. The van der Waals surface area contributed by atoms with Crippen LogP contribution in [0.5, 0.6) is 0 Å². The Morgan fingerprint density at radius 3 is 2.68 bits per heavy atom. The van der Waals surface area contributed by atoms with E-state index in [4.69, 9.17) is 5.11 Å². The van der Waals surface area contributed by atoms with Gasteiger partial charge in [0.15, 0.2) is 0 Å². The lowest BCUT2D eigenvalue weighted by Gasteiger charge is -2.14. The Bertz CT molecular complexity index is 566. The van der Waals surface area contributed by atoms with E-state index in [2.05, 4.69) is 5.32 Å². The van der Waals surface area contributed by atoms with Crippen molar-refractivity contribution in [1.82, 2.24) is 9.88 Å². The van der Waals surface area contributed by atoms with Gasteiger partial charge < -0.3 is 15.0 Å². The highest BCUT2D eigenvalue weighted by Gasteiger charge is 2.18. The van der Waals surface area contributed by atoms with Crippen LogP contribution in [0.3, 0.4) is 0 Å². The summed E-state index contributed by atoms with van der Waals surface area (Å²) in [4.78, 5) is 34.5. The summed E-state index contributed by atoms with van der Waals surface area (Å²) < 4.78 is 1.56. The molecule has 0 bridgehead atoms. The van der Waals surface area contributed by atoms with Gasteiger partial charge in [0, 0.05) is 25.2 Å². The number of unbranched alkanes of at least 4 members (excludes halogenated alkanes) is 1. The predicted molar refractivity (Wildman–Crippen MR) is 83.8 cm³/mol. The average Bonchev–Trinajstić information content (AvgIpc) is 2.46. The van der Waals surface area contributed by atoms with Crippen molar-refractivity contribution in [2.24, 2.45) is 0 Å². The third-order valence-electron chi connectivity index (χ3n) is 3.41. The standard InChI is InChI=1S/C16H24N2O4/c1-3-4-6-13(16(21)22)17-14(19)7-5-10-18-11-12(2)8-9-15(18)20/h8-9,11,13H,3-7,10H2,1-2H3,(H,17,19)(H,21,22). The molecule has 22 heavy (non-hydrogen) atoms.